The zero-order valence-electron chi connectivity index (χ0n) is 11.8. The monoisotopic (exact) mass is 247 g/mol. The Morgan fingerprint density at radius 2 is 2.17 bits per heavy atom. The Labute approximate surface area is 111 Å². The van der Waals surface area contributed by atoms with Crippen molar-refractivity contribution < 1.29 is 4.74 Å². The van der Waals surface area contributed by atoms with E-state index in [1.165, 1.54) is 24.8 Å². The van der Waals surface area contributed by atoms with Gasteiger partial charge in [-0.3, -0.25) is 0 Å². The number of hydrogen-bond donors (Lipinski definition) is 1. The molecule has 0 aromatic heterocycles. The molecule has 0 amide bonds. The van der Waals surface area contributed by atoms with E-state index in [0.29, 0.717) is 6.04 Å². The quantitative estimate of drug-likeness (QED) is 0.881. The van der Waals surface area contributed by atoms with Crippen molar-refractivity contribution in [2.45, 2.75) is 38.6 Å². The van der Waals surface area contributed by atoms with Crippen LogP contribution in [0.3, 0.4) is 0 Å². The summed E-state index contributed by atoms with van der Waals surface area (Å²) in [6.45, 7) is 2.38. The molecule has 18 heavy (non-hydrogen) atoms. The Balaban J connectivity index is 2.05. The van der Waals surface area contributed by atoms with E-state index in [9.17, 15) is 0 Å². The highest BCUT2D eigenvalue weighted by atomic mass is 16.5. The van der Waals surface area contributed by atoms with Crippen molar-refractivity contribution in [1.29, 1.82) is 0 Å². The molecule has 0 aliphatic heterocycles. The average Bonchev–Trinajstić information content (AvgIpc) is 2.39. The fourth-order valence-electron chi connectivity index (χ4n) is 3.21. The molecule has 1 aliphatic rings. The van der Waals surface area contributed by atoms with Crippen molar-refractivity contribution in [3.05, 3.63) is 29.8 Å². The molecule has 2 rings (SSSR count). The topological polar surface area (TPSA) is 21.3 Å². The van der Waals surface area contributed by atoms with E-state index in [0.717, 1.165) is 24.0 Å². The molecule has 3 unspecified atom stereocenters. The molecule has 1 N–H and O–H groups in total. The van der Waals surface area contributed by atoms with Gasteiger partial charge in [0.2, 0.25) is 0 Å². The van der Waals surface area contributed by atoms with Gasteiger partial charge >= 0.3 is 0 Å². The van der Waals surface area contributed by atoms with Crippen LogP contribution in [-0.2, 0) is 6.42 Å². The molecule has 1 aromatic carbocycles. The lowest BCUT2D eigenvalue weighted by Gasteiger charge is -2.35. The summed E-state index contributed by atoms with van der Waals surface area (Å²) in [5, 5.41) is 3.49. The Morgan fingerprint density at radius 3 is 2.89 bits per heavy atom. The van der Waals surface area contributed by atoms with Gasteiger partial charge in [0.25, 0.3) is 0 Å². The molecule has 1 fully saturated rings. The van der Waals surface area contributed by atoms with Gasteiger partial charge in [-0.05, 0) is 62.3 Å². The van der Waals surface area contributed by atoms with Crippen LogP contribution < -0.4 is 10.1 Å². The van der Waals surface area contributed by atoms with Gasteiger partial charge in [0, 0.05) is 6.04 Å². The van der Waals surface area contributed by atoms with Gasteiger partial charge in [-0.2, -0.15) is 0 Å². The fraction of sp³-hybridized carbons (Fsp3) is 0.625. The maximum Gasteiger partial charge on any atom is 0.119 e. The van der Waals surface area contributed by atoms with Crippen LogP contribution in [0.15, 0.2) is 24.3 Å². The molecule has 2 nitrogen and oxygen atoms in total. The van der Waals surface area contributed by atoms with Gasteiger partial charge in [-0.1, -0.05) is 19.1 Å². The van der Waals surface area contributed by atoms with Crippen LogP contribution in [0.2, 0.25) is 0 Å². The number of nitrogens with one attached hydrogen (secondary N) is 1. The second-order valence-corrected chi connectivity index (χ2v) is 5.63. The van der Waals surface area contributed by atoms with Gasteiger partial charge in [0.15, 0.2) is 0 Å². The van der Waals surface area contributed by atoms with Crippen molar-refractivity contribution in [1.82, 2.24) is 5.32 Å². The third-order valence-electron chi connectivity index (χ3n) is 4.25. The van der Waals surface area contributed by atoms with Crippen LogP contribution in [0.4, 0.5) is 0 Å². The largest absolute Gasteiger partial charge is 0.497 e. The maximum absolute atomic E-state index is 5.30. The van der Waals surface area contributed by atoms with Gasteiger partial charge < -0.3 is 10.1 Å². The summed E-state index contributed by atoms with van der Waals surface area (Å²) in [6.07, 6.45) is 5.17. The normalized spacial score (nSPS) is 28.1. The smallest absolute Gasteiger partial charge is 0.119 e. The Bertz CT molecular complexity index is 377. The third-order valence-corrected chi connectivity index (χ3v) is 4.25. The van der Waals surface area contributed by atoms with Crippen molar-refractivity contribution in [3.63, 3.8) is 0 Å². The average molecular weight is 247 g/mol. The molecule has 0 spiro atoms. The van der Waals surface area contributed by atoms with Crippen molar-refractivity contribution in [2.75, 3.05) is 14.2 Å². The van der Waals surface area contributed by atoms with Gasteiger partial charge in [0.1, 0.15) is 5.75 Å². The summed E-state index contributed by atoms with van der Waals surface area (Å²) >= 11 is 0. The Morgan fingerprint density at radius 1 is 1.33 bits per heavy atom. The first kappa shape index (κ1) is 13.4. The number of benzene rings is 1. The van der Waals surface area contributed by atoms with Crippen LogP contribution in [0, 0.1) is 11.8 Å². The van der Waals surface area contributed by atoms with E-state index >= 15 is 0 Å². The molecule has 0 radical (unpaired) electrons. The molecule has 0 saturated heterocycles. The van der Waals surface area contributed by atoms with E-state index in [1.54, 1.807) is 7.11 Å². The highest BCUT2D eigenvalue weighted by Crippen LogP contribution is 2.31. The SMILES string of the molecule is CNC1CCC(C)CC1Cc1cccc(OC)c1. The molecular formula is C16H25NO. The zero-order valence-corrected chi connectivity index (χ0v) is 11.8. The highest BCUT2D eigenvalue weighted by Gasteiger charge is 2.27. The number of hydrogen-bond acceptors (Lipinski definition) is 2. The Hall–Kier alpha value is -1.02. The fourth-order valence-corrected chi connectivity index (χ4v) is 3.21. The van der Waals surface area contributed by atoms with Crippen LogP contribution in [0.5, 0.6) is 5.75 Å². The molecule has 100 valence electrons. The van der Waals surface area contributed by atoms with Crippen LogP contribution >= 0.6 is 0 Å². The summed E-state index contributed by atoms with van der Waals surface area (Å²) < 4.78 is 5.30. The maximum atomic E-state index is 5.30. The molecule has 1 saturated carbocycles. The summed E-state index contributed by atoms with van der Waals surface area (Å²) in [5.41, 5.74) is 1.40. The lowest BCUT2D eigenvalue weighted by Crippen LogP contribution is -2.39. The van der Waals surface area contributed by atoms with Gasteiger partial charge in [-0.15, -0.1) is 0 Å². The van der Waals surface area contributed by atoms with Crippen molar-refractivity contribution in [2.24, 2.45) is 11.8 Å². The van der Waals surface area contributed by atoms with Crippen LogP contribution in [0.25, 0.3) is 0 Å². The molecule has 0 bridgehead atoms. The van der Waals surface area contributed by atoms with Crippen LogP contribution in [-0.4, -0.2) is 20.2 Å². The van der Waals surface area contributed by atoms with Crippen molar-refractivity contribution in [3.8, 4) is 5.75 Å². The summed E-state index contributed by atoms with van der Waals surface area (Å²) in [7, 11) is 3.83. The minimum atomic E-state index is 0.674. The second kappa shape index (κ2) is 6.24. The lowest BCUT2D eigenvalue weighted by atomic mass is 9.76. The number of rotatable bonds is 4. The lowest BCUT2D eigenvalue weighted by molar-refractivity contribution is 0.220. The van der Waals surface area contributed by atoms with Crippen molar-refractivity contribution >= 4 is 0 Å². The summed E-state index contributed by atoms with van der Waals surface area (Å²) in [5.74, 6) is 2.59. The predicted octanol–water partition coefficient (Wildman–Crippen LogP) is 3.26. The number of methoxy groups -OCH3 is 1. The minimum absolute atomic E-state index is 0.674. The van der Waals surface area contributed by atoms with Gasteiger partial charge in [0.05, 0.1) is 7.11 Å². The van der Waals surface area contributed by atoms with E-state index < -0.39 is 0 Å². The molecule has 2 heteroatoms. The standard InChI is InChI=1S/C16H25NO/c1-12-7-8-16(17-2)14(9-12)10-13-5-4-6-15(11-13)18-3/h4-6,11-12,14,16-17H,7-10H2,1-3H3. The third kappa shape index (κ3) is 3.26. The molecule has 1 aromatic rings. The van der Waals surface area contributed by atoms with E-state index in [1.807, 2.05) is 6.07 Å². The summed E-state index contributed by atoms with van der Waals surface area (Å²) in [4.78, 5) is 0. The van der Waals surface area contributed by atoms with E-state index in [4.69, 9.17) is 4.74 Å². The van der Waals surface area contributed by atoms with E-state index in [-0.39, 0.29) is 0 Å². The zero-order chi connectivity index (χ0) is 13.0. The van der Waals surface area contributed by atoms with Crippen LogP contribution in [0.1, 0.15) is 31.7 Å². The molecule has 1 aliphatic carbocycles. The molecule has 3 atom stereocenters. The first-order valence-electron chi connectivity index (χ1n) is 7.03. The molecular weight excluding hydrogens is 222 g/mol. The van der Waals surface area contributed by atoms with Gasteiger partial charge in [-0.25, -0.2) is 0 Å². The summed E-state index contributed by atoms with van der Waals surface area (Å²) in [6, 6.07) is 9.17. The molecule has 0 heterocycles. The number of ether oxygens (including phenoxy) is 1. The Kier molecular flexibility index (Phi) is 4.65. The predicted molar refractivity (Wildman–Crippen MR) is 76.1 cm³/mol. The van der Waals surface area contributed by atoms with E-state index in [2.05, 4.69) is 37.5 Å². The first-order chi connectivity index (χ1) is 8.72. The first-order valence-corrected chi connectivity index (χ1v) is 7.03. The minimum Gasteiger partial charge on any atom is -0.497 e. The second-order valence-electron chi connectivity index (χ2n) is 5.63. The highest BCUT2D eigenvalue weighted by molar-refractivity contribution is 5.28.